The molecule has 0 aromatic rings. The van der Waals surface area contributed by atoms with Gasteiger partial charge in [-0.05, 0) is 55.9 Å². The van der Waals surface area contributed by atoms with Crippen molar-refractivity contribution in [2.24, 2.45) is 17.3 Å². The first-order valence-corrected chi connectivity index (χ1v) is 6.74. The summed E-state index contributed by atoms with van der Waals surface area (Å²) in [7, 11) is 0. The molecule has 4 atom stereocenters. The Hall–Kier alpha value is -0.630. The average molecular weight is 236 g/mol. The van der Waals surface area contributed by atoms with Gasteiger partial charge in [-0.25, -0.2) is 0 Å². The molecule has 0 radical (unpaired) electrons. The van der Waals surface area contributed by atoms with Crippen LogP contribution in [-0.2, 0) is 4.79 Å². The summed E-state index contributed by atoms with van der Waals surface area (Å²) < 4.78 is 0. The summed E-state index contributed by atoms with van der Waals surface area (Å²) in [5, 5.41) is 10.2. The molecule has 1 N–H and O–H groups in total. The maximum absolute atomic E-state index is 12.1. The van der Waals surface area contributed by atoms with E-state index in [2.05, 4.69) is 13.8 Å². The smallest absolute Gasteiger partial charge is 0.159 e. The molecule has 17 heavy (non-hydrogen) atoms. The van der Waals surface area contributed by atoms with Crippen molar-refractivity contribution in [1.82, 2.24) is 0 Å². The Bertz CT molecular complexity index is 365. The fourth-order valence-corrected chi connectivity index (χ4v) is 3.69. The van der Waals surface area contributed by atoms with Crippen LogP contribution in [0.25, 0.3) is 0 Å². The number of hydrogen-bond acceptors (Lipinski definition) is 2. The van der Waals surface area contributed by atoms with Gasteiger partial charge in [0.2, 0.25) is 0 Å². The fourth-order valence-electron chi connectivity index (χ4n) is 3.69. The lowest BCUT2D eigenvalue weighted by Crippen LogP contribution is -2.49. The highest BCUT2D eigenvalue weighted by Crippen LogP contribution is 2.53. The van der Waals surface area contributed by atoms with E-state index in [0.29, 0.717) is 12.3 Å². The lowest BCUT2D eigenvalue weighted by atomic mass is 9.53. The Morgan fingerprint density at radius 2 is 2.00 bits per heavy atom. The zero-order chi connectivity index (χ0) is 12.8. The fraction of sp³-hybridized carbons (Fsp3) is 0.800. The van der Waals surface area contributed by atoms with E-state index < -0.39 is 0 Å². The van der Waals surface area contributed by atoms with E-state index in [0.717, 1.165) is 30.4 Å². The van der Waals surface area contributed by atoms with Crippen molar-refractivity contribution >= 4 is 5.78 Å². The average Bonchev–Trinajstić information content (AvgIpc) is 2.26. The van der Waals surface area contributed by atoms with Gasteiger partial charge in [0.1, 0.15) is 0 Å². The van der Waals surface area contributed by atoms with Crippen LogP contribution in [0.4, 0.5) is 0 Å². The minimum atomic E-state index is -0.279. The highest BCUT2D eigenvalue weighted by atomic mass is 16.3. The van der Waals surface area contributed by atoms with Gasteiger partial charge >= 0.3 is 0 Å². The first-order valence-electron chi connectivity index (χ1n) is 6.74. The zero-order valence-corrected chi connectivity index (χ0v) is 11.4. The molecule has 0 unspecified atom stereocenters. The summed E-state index contributed by atoms with van der Waals surface area (Å²) >= 11 is 0. The van der Waals surface area contributed by atoms with Crippen molar-refractivity contribution in [1.29, 1.82) is 0 Å². The van der Waals surface area contributed by atoms with Crippen molar-refractivity contribution in [3.05, 3.63) is 11.1 Å². The summed E-state index contributed by atoms with van der Waals surface area (Å²) in [5.74, 6) is 1.03. The molecule has 96 valence electrons. The van der Waals surface area contributed by atoms with Crippen molar-refractivity contribution < 1.29 is 9.90 Å². The van der Waals surface area contributed by atoms with Crippen LogP contribution in [0.1, 0.15) is 53.4 Å². The van der Waals surface area contributed by atoms with Crippen molar-refractivity contribution in [2.45, 2.75) is 59.5 Å². The molecule has 2 fully saturated rings. The first-order chi connectivity index (χ1) is 7.86. The molecule has 0 aromatic heterocycles. The van der Waals surface area contributed by atoms with E-state index in [1.807, 2.05) is 13.8 Å². The maximum Gasteiger partial charge on any atom is 0.159 e. The van der Waals surface area contributed by atoms with Gasteiger partial charge in [-0.15, -0.1) is 0 Å². The predicted molar refractivity (Wildman–Crippen MR) is 68.6 cm³/mol. The molecule has 0 spiro atoms. The summed E-state index contributed by atoms with van der Waals surface area (Å²) in [4.78, 5) is 12.1. The van der Waals surface area contributed by atoms with Crippen LogP contribution in [-0.4, -0.2) is 17.0 Å². The standard InChI is InChI=1S/C15H24O2/c1-9(2)11-8-15(4)10(3)5-6-13(16)12(15)7-14(11)17/h10,12-13,16H,5-8H2,1-4H3/t10-,12+,13-,15+/m0/s1. The first kappa shape index (κ1) is 12.8. The molecule has 2 saturated carbocycles. The number of rotatable bonds is 0. The third kappa shape index (κ3) is 1.97. The number of allylic oxidation sites excluding steroid dienone is 2. The molecule has 2 nitrogen and oxygen atoms in total. The maximum atomic E-state index is 12.1. The number of ketones is 1. The summed E-state index contributed by atoms with van der Waals surface area (Å²) in [6.45, 7) is 8.60. The second kappa shape index (κ2) is 4.24. The molecule has 0 amide bonds. The van der Waals surface area contributed by atoms with E-state index in [9.17, 15) is 9.90 Å². The third-order valence-corrected chi connectivity index (χ3v) is 5.24. The SMILES string of the molecule is CC(C)=C1C[C@@]2(C)[C@H](CC1=O)[C@@H](O)CC[C@@H]2C. The minimum absolute atomic E-state index is 0.109. The van der Waals surface area contributed by atoms with Gasteiger partial charge in [-0.3, -0.25) is 4.79 Å². The largest absolute Gasteiger partial charge is 0.393 e. The molecule has 2 aliphatic rings. The highest BCUT2D eigenvalue weighted by Gasteiger charge is 2.50. The van der Waals surface area contributed by atoms with Crippen molar-refractivity contribution in [3.63, 3.8) is 0 Å². The van der Waals surface area contributed by atoms with E-state index in [1.165, 1.54) is 0 Å². The number of Topliss-reactive ketones (excluding diaryl/α,β-unsaturated/α-hetero) is 1. The molecule has 0 aliphatic heterocycles. The molecule has 0 heterocycles. The van der Waals surface area contributed by atoms with Crippen LogP contribution >= 0.6 is 0 Å². The quantitative estimate of drug-likeness (QED) is 0.656. The number of fused-ring (bicyclic) bond motifs is 1. The number of carbonyl (C=O) groups excluding carboxylic acids is 1. The molecule has 0 saturated heterocycles. The van der Waals surface area contributed by atoms with Crippen LogP contribution in [0.5, 0.6) is 0 Å². The van der Waals surface area contributed by atoms with Crippen LogP contribution < -0.4 is 0 Å². The Morgan fingerprint density at radius 3 is 2.59 bits per heavy atom. The summed E-state index contributed by atoms with van der Waals surface area (Å²) in [5.41, 5.74) is 2.28. The van der Waals surface area contributed by atoms with E-state index >= 15 is 0 Å². The van der Waals surface area contributed by atoms with Gasteiger partial charge in [-0.1, -0.05) is 19.4 Å². The minimum Gasteiger partial charge on any atom is -0.393 e. The van der Waals surface area contributed by atoms with Gasteiger partial charge in [0, 0.05) is 6.42 Å². The Kier molecular flexibility index (Phi) is 3.19. The molecule has 2 rings (SSSR count). The predicted octanol–water partition coefficient (Wildman–Crippen LogP) is 3.10. The lowest BCUT2D eigenvalue weighted by molar-refractivity contribution is -0.128. The molecule has 2 aliphatic carbocycles. The van der Waals surface area contributed by atoms with Crippen molar-refractivity contribution in [2.75, 3.05) is 0 Å². The Labute approximate surface area is 104 Å². The van der Waals surface area contributed by atoms with Crippen LogP contribution in [0.15, 0.2) is 11.1 Å². The lowest BCUT2D eigenvalue weighted by Gasteiger charge is -2.51. The van der Waals surface area contributed by atoms with Crippen LogP contribution in [0.2, 0.25) is 0 Å². The topological polar surface area (TPSA) is 37.3 Å². The number of aliphatic hydroxyl groups excluding tert-OH is 1. The second-order valence-electron chi connectivity index (χ2n) is 6.44. The Balaban J connectivity index is 2.37. The van der Waals surface area contributed by atoms with Gasteiger partial charge in [0.05, 0.1) is 6.10 Å². The number of hydrogen-bond donors (Lipinski definition) is 1. The van der Waals surface area contributed by atoms with Gasteiger partial charge in [0.25, 0.3) is 0 Å². The Morgan fingerprint density at radius 1 is 1.35 bits per heavy atom. The molecular weight excluding hydrogens is 212 g/mol. The molecule has 2 heteroatoms. The van der Waals surface area contributed by atoms with Crippen LogP contribution in [0, 0.1) is 17.3 Å². The van der Waals surface area contributed by atoms with Gasteiger partial charge in [0.15, 0.2) is 5.78 Å². The molecule has 0 bridgehead atoms. The van der Waals surface area contributed by atoms with Crippen LogP contribution in [0.3, 0.4) is 0 Å². The monoisotopic (exact) mass is 236 g/mol. The second-order valence-corrected chi connectivity index (χ2v) is 6.44. The summed E-state index contributed by atoms with van der Waals surface area (Å²) in [6.07, 6.45) is 3.07. The van der Waals surface area contributed by atoms with E-state index in [1.54, 1.807) is 0 Å². The molecular formula is C15H24O2. The van der Waals surface area contributed by atoms with Gasteiger partial charge in [-0.2, -0.15) is 0 Å². The zero-order valence-electron chi connectivity index (χ0n) is 11.4. The van der Waals surface area contributed by atoms with Gasteiger partial charge < -0.3 is 5.11 Å². The highest BCUT2D eigenvalue weighted by molar-refractivity contribution is 5.97. The van der Waals surface area contributed by atoms with E-state index in [4.69, 9.17) is 0 Å². The normalized spacial score (nSPS) is 42.3. The number of aliphatic hydroxyl groups is 1. The number of carbonyl (C=O) groups is 1. The van der Waals surface area contributed by atoms with E-state index in [-0.39, 0.29) is 23.2 Å². The summed E-state index contributed by atoms with van der Waals surface area (Å²) in [6, 6.07) is 0. The van der Waals surface area contributed by atoms with Crippen molar-refractivity contribution in [3.8, 4) is 0 Å². The third-order valence-electron chi connectivity index (χ3n) is 5.24. The molecule has 0 aromatic carbocycles.